The lowest BCUT2D eigenvalue weighted by Crippen LogP contribution is -2.40. The van der Waals surface area contributed by atoms with Crippen molar-refractivity contribution in [3.8, 4) is 0 Å². The molecule has 0 radical (unpaired) electrons. The topological polar surface area (TPSA) is 46.6 Å². The van der Waals surface area contributed by atoms with E-state index in [4.69, 9.17) is 16.3 Å². The Morgan fingerprint density at radius 2 is 2.12 bits per heavy atom. The van der Waals surface area contributed by atoms with Gasteiger partial charge in [-0.05, 0) is 17.0 Å². The van der Waals surface area contributed by atoms with Gasteiger partial charge in [-0.3, -0.25) is 0 Å². The van der Waals surface area contributed by atoms with Crippen molar-refractivity contribution in [2.24, 2.45) is 0 Å². The molecule has 16 heavy (non-hydrogen) atoms. The van der Waals surface area contributed by atoms with Crippen molar-refractivity contribution < 1.29 is 13.2 Å². The Hall–Kier alpha value is -0.140. The van der Waals surface area contributed by atoms with E-state index in [0.29, 0.717) is 36.4 Å². The second-order valence-electron chi connectivity index (χ2n) is 3.42. The van der Waals surface area contributed by atoms with Gasteiger partial charge in [0.25, 0.3) is 10.0 Å². The quantitative estimate of drug-likeness (QED) is 0.789. The molecule has 7 heteroatoms. The molecule has 1 aromatic rings. The summed E-state index contributed by atoms with van der Waals surface area (Å²) in [6, 6.07) is 1.64. The minimum absolute atomic E-state index is 0.342. The molecule has 4 nitrogen and oxygen atoms in total. The van der Waals surface area contributed by atoms with Crippen LogP contribution in [0.1, 0.15) is 5.56 Å². The third-order valence-electron chi connectivity index (χ3n) is 2.35. The molecule has 0 atom stereocenters. The van der Waals surface area contributed by atoms with Crippen LogP contribution in [0.25, 0.3) is 0 Å². The number of hydrogen-bond acceptors (Lipinski definition) is 4. The lowest BCUT2D eigenvalue weighted by Gasteiger charge is -2.25. The molecule has 0 amide bonds. The maximum Gasteiger partial charge on any atom is 0.252 e. The van der Waals surface area contributed by atoms with E-state index < -0.39 is 10.0 Å². The molecular formula is C9H12ClNO3S2. The van der Waals surface area contributed by atoms with E-state index in [1.54, 1.807) is 11.4 Å². The average molecular weight is 282 g/mol. The molecule has 1 aliphatic rings. The van der Waals surface area contributed by atoms with Gasteiger partial charge in [-0.1, -0.05) is 0 Å². The number of alkyl halides is 1. The Bertz CT molecular complexity index is 451. The summed E-state index contributed by atoms with van der Waals surface area (Å²) in [4.78, 5) is 0. The molecule has 90 valence electrons. The fourth-order valence-corrected chi connectivity index (χ4v) is 4.49. The number of halogens is 1. The molecule has 0 aliphatic carbocycles. The highest BCUT2D eigenvalue weighted by Gasteiger charge is 2.27. The number of thiophene rings is 1. The van der Waals surface area contributed by atoms with E-state index in [2.05, 4.69) is 0 Å². The van der Waals surface area contributed by atoms with Gasteiger partial charge in [0.1, 0.15) is 4.21 Å². The molecule has 0 spiro atoms. The fourth-order valence-electron chi connectivity index (χ4n) is 1.47. The number of nitrogens with zero attached hydrogens (tertiary/aromatic N) is 1. The van der Waals surface area contributed by atoms with Gasteiger partial charge in [0.05, 0.1) is 13.2 Å². The van der Waals surface area contributed by atoms with Crippen LogP contribution in [-0.4, -0.2) is 39.0 Å². The summed E-state index contributed by atoms with van der Waals surface area (Å²) < 4.78 is 31.3. The predicted octanol–water partition coefficient (Wildman–Crippen LogP) is 1.51. The predicted molar refractivity (Wildman–Crippen MR) is 63.5 cm³/mol. The summed E-state index contributed by atoms with van der Waals surface area (Å²) in [5.74, 6) is 0.342. The SMILES string of the molecule is O=S(=O)(c1cc(CCl)cs1)N1CCOCC1. The minimum Gasteiger partial charge on any atom is -0.379 e. The average Bonchev–Trinajstić information content (AvgIpc) is 2.79. The van der Waals surface area contributed by atoms with Crippen molar-refractivity contribution in [3.05, 3.63) is 17.0 Å². The first-order valence-corrected chi connectivity index (χ1v) is 7.71. The van der Waals surface area contributed by atoms with Crippen LogP contribution < -0.4 is 0 Å². The molecule has 0 bridgehead atoms. The third kappa shape index (κ3) is 2.41. The summed E-state index contributed by atoms with van der Waals surface area (Å²) in [7, 11) is -3.34. The summed E-state index contributed by atoms with van der Waals surface area (Å²) in [6.07, 6.45) is 0. The lowest BCUT2D eigenvalue weighted by atomic mass is 10.4. The van der Waals surface area contributed by atoms with Crippen LogP contribution in [0, 0.1) is 0 Å². The Morgan fingerprint density at radius 3 is 2.69 bits per heavy atom. The van der Waals surface area contributed by atoms with Gasteiger partial charge < -0.3 is 4.74 Å². The summed E-state index contributed by atoms with van der Waals surface area (Å²) in [5, 5.41) is 1.78. The lowest BCUT2D eigenvalue weighted by molar-refractivity contribution is 0.0731. The fraction of sp³-hybridized carbons (Fsp3) is 0.556. The van der Waals surface area contributed by atoms with Gasteiger partial charge in [0.2, 0.25) is 0 Å². The number of sulfonamides is 1. The van der Waals surface area contributed by atoms with Gasteiger partial charge in [-0.25, -0.2) is 8.42 Å². The number of morpholine rings is 1. The van der Waals surface area contributed by atoms with Crippen LogP contribution in [0.2, 0.25) is 0 Å². The van der Waals surface area contributed by atoms with Crippen molar-refractivity contribution in [1.29, 1.82) is 0 Å². The van der Waals surface area contributed by atoms with Crippen LogP contribution in [0.15, 0.2) is 15.7 Å². The van der Waals surface area contributed by atoms with Gasteiger partial charge in [0.15, 0.2) is 0 Å². The Balaban J connectivity index is 2.23. The van der Waals surface area contributed by atoms with Crippen molar-refractivity contribution in [2.75, 3.05) is 26.3 Å². The monoisotopic (exact) mass is 281 g/mol. The van der Waals surface area contributed by atoms with Crippen molar-refractivity contribution >= 4 is 33.0 Å². The standard InChI is InChI=1S/C9H12ClNO3S2/c10-6-8-5-9(15-7-8)16(12,13)11-1-3-14-4-2-11/h5,7H,1-4,6H2. The first-order chi connectivity index (χ1) is 7.64. The maximum atomic E-state index is 12.2. The van der Waals surface area contributed by atoms with Crippen molar-refractivity contribution in [2.45, 2.75) is 10.1 Å². The van der Waals surface area contributed by atoms with E-state index in [9.17, 15) is 8.42 Å². The third-order valence-corrected chi connectivity index (χ3v) is 6.02. The molecular weight excluding hydrogens is 270 g/mol. The zero-order chi connectivity index (χ0) is 11.6. The highest BCUT2D eigenvalue weighted by molar-refractivity contribution is 7.91. The number of ether oxygens (including phenoxy) is 1. The zero-order valence-electron chi connectivity index (χ0n) is 8.56. The number of rotatable bonds is 3. The highest BCUT2D eigenvalue weighted by Crippen LogP contribution is 2.25. The normalized spacial score (nSPS) is 18.8. The van der Waals surface area contributed by atoms with Crippen LogP contribution in [-0.2, 0) is 20.6 Å². The van der Waals surface area contributed by atoms with E-state index in [-0.39, 0.29) is 0 Å². The van der Waals surface area contributed by atoms with E-state index in [1.807, 2.05) is 0 Å². The summed E-state index contributed by atoms with van der Waals surface area (Å²) in [6.45, 7) is 1.78. The zero-order valence-corrected chi connectivity index (χ0v) is 10.9. The Kier molecular flexibility index (Phi) is 3.86. The van der Waals surface area contributed by atoms with Crippen LogP contribution >= 0.6 is 22.9 Å². The molecule has 0 saturated carbocycles. The molecule has 0 N–H and O–H groups in total. The van der Waals surface area contributed by atoms with Gasteiger partial charge in [0, 0.05) is 19.0 Å². The van der Waals surface area contributed by atoms with Gasteiger partial charge >= 0.3 is 0 Å². The molecule has 2 rings (SSSR count). The summed E-state index contributed by atoms with van der Waals surface area (Å²) >= 11 is 6.87. The number of hydrogen-bond donors (Lipinski definition) is 0. The first-order valence-electron chi connectivity index (χ1n) is 4.86. The minimum atomic E-state index is -3.34. The van der Waals surface area contributed by atoms with Crippen molar-refractivity contribution in [3.63, 3.8) is 0 Å². The Morgan fingerprint density at radius 1 is 1.44 bits per heavy atom. The highest BCUT2D eigenvalue weighted by atomic mass is 35.5. The van der Waals surface area contributed by atoms with Crippen LogP contribution in [0.4, 0.5) is 0 Å². The van der Waals surface area contributed by atoms with Gasteiger partial charge in [-0.2, -0.15) is 4.31 Å². The van der Waals surface area contributed by atoms with Crippen LogP contribution in [0.3, 0.4) is 0 Å². The molecule has 0 aromatic carbocycles. The largest absolute Gasteiger partial charge is 0.379 e. The van der Waals surface area contributed by atoms with Crippen molar-refractivity contribution in [1.82, 2.24) is 4.31 Å². The summed E-state index contributed by atoms with van der Waals surface area (Å²) in [5.41, 5.74) is 0.846. The van der Waals surface area contributed by atoms with E-state index >= 15 is 0 Å². The van der Waals surface area contributed by atoms with E-state index in [1.165, 1.54) is 15.6 Å². The molecule has 1 aliphatic heterocycles. The molecule has 1 aromatic heterocycles. The molecule has 1 saturated heterocycles. The Labute approximate surface area is 104 Å². The smallest absolute Gasteiger partial charge is 0.252 e. The van der Waals surface area contributed by atoms with Gasteiger partial charge in [-0.15, -0.1) is 22.9 Å². The van der Waals surface area contributed by atoms with Crippen LogP contribution in [0.5, 0.6) is 0 Å². The molecule has 0 unspecified atom stereocenters. The second-order valence-corrected chi connectivity index (χ2v) is 6.77. The maximum absolute atomic E-state index is 12.2. The van der Waals surface area contributed by atoms with E-state index in [0.717, 1.165) is 5.56 Å². The first kappa shape index (κ1) is 12.3. The molecule has 2 heterocycles. The second kappa shape index (κ2) is 5.01. The molecule has 1 fully saturated rings.